The summed E-state index contributed by atoms with van der Waals surface area (Å²) in [6, 6.07) is 6.27. The van der Waals surface area contributed by atoms with E-state index in [9.17, 15) is 0 Å². The molecule has 0 unspecified atom stereocenters. The van der Waals surface area contributed by atoms with Gasteiger partial charge < -0.3 is 4.98 Å². The number of imidazole rings is 1. The molecule has 0 bridgehead atoms. The van der Waals surface area contributed by atoms with Gasteiger partial charge in [0.15, 0.2) is 4.77 Å². The number of aromatic amines is 1. The predicted octanol–water partition coefficient (Wildman–Crippen LogP) is 4.17. The fourth-order valence-electron chi connectivity index (χ4n) is 1.76. The van der Waals surface area contributed by atoms with E-state index < -0.39 is 0 Å². The lowest BCUT2D eigenvalue weighted by atomic mass is 10.1. The van der Waals surface area contributed by atoms with Crippen molar-refractivity contribution in [3.63, 3.8) is 0 Å². The largest absolute Gasteiger partial charge is 0.335 e. The highest BCUT2D eigenvalue weighted by Gasteiger charge is 2.05. The lowest BCUT2D eigenvalue weighted by molar-refractivity contribution is 0.985. The monoisotopic (exact) mass is 296 g/mol. The predicted molar refractivity (Wildman–Crippen MR) is 72.8 cm³/mol. The minimum atomic E-state index is 0.745. The molecule has 1 aromatic carbocycles. The van der Waals surface area contributed by atoms with Crippen LogP contribution in [0.3, 0.4) is 0 Å². The number of nitrogens with zero attached hydrogens (tertiary/aromatic N) is 1. The average molecular weight is 297 g/mol. The smallest absolute Gasteiger partial charge is 0.181 e. The highest BCUT2D eigenvalue weighted by atomic mass is 79.9. The van der Waals surface area contributed by atoms with E-state index >= 15 is 0 Å². The number of halogens is 1. The van der Waals surface area contributed by atoms with Gasteiger partial charge in [-0.3, -0.25) is 4.57 Å². The maximum absolute atomic E-state index is 5.29. The normalized spacial score (nSPS) is 10.7. The van der Waals surface area contributed by atoms with Crippen molar-refractivity contribution in [2.75, 3.05) is 0 Å². The molecule has 0 spiro atoms. The zero-order valence-corrected chi connectivity index (χ0v) is 11.7. The van der Waals surface area contributed by atoms with Gasteiger partial charge in [0.1, 0.15) is 0 Å². The van der Waals surface area contributed by atoms with E-state index in [1.807, 2.05) is 23.8 Å². The molecule has 2 aromatic rings. The number of hydrogen-bond acceptors (Lipinski definition) is 1. The second-order valence-electron chi connectivity index (χ2n) is 3.74. The minimum Gasteiger partial charge on any atom is -0.335 e. The van der Waals surface area contributed by atoms with E-state index in [4.69, 9.17) is 12.2 Å². The van der Waals surface area contributed by atoms with E-state index in [0.29, 0.717) is 0 Å². The average Bonchev–Trinajstić information content (AvgIpc) is 2.57. The number of aryl methyl sites for hydroxylation is 2. The van der Waals surface area contributed by atoms with Crippen LogP contribution >= 0.6 is 28.1 Å². The molecule has 0 aliphatic rings. The van der Waals surface area contributed by atoms with Crippen LogP contribution in [0.1, 0.15) is 18.2 Å². The van der Waals surface area contributed by atoms with Gasteiger partial charge in [0.25, 0.3) is 0 Å². The number of H-pyrrole nitrogens is 1. The van der Waals surface area contributed by atoms with Crippen molar-refractivity contribution < 1.29 is 0 Å². The fraction of sp³-hybridized carbons (Fsp3) is 0.250. The number of benzene rings is 1. The van der Waals surface area contributed by atoms with Gasteiger partial charge in [0.05, 0.1) is 5.69 Å². The molecule has 0 aliphatic heterocycles. The van der Waals surface area contributed by atoms with Crippen molar-refractivity contribution in [2.45, 2.75) is 20.3 Å². The SMILES string of the molecule is CCc1cc(Br)ccc1-n1cc(C)[nH]c1=S. The maximum atomic E-state index is 5.29. The summed E-state index contributed by atoms with van der Waals surface area (Å²) in [5.74, 6) is 0. The first kappa shape index (κ1) is 11.6. The molecule has 4 heteroatoms. The molecule has 16 heavy (non-hydrogen) atoms. The van der Waals surface area contributed by atoms with Crippen molar-refractivity contribution in [3.8, 4) is 5.69 Å². The van der Waals surface area contributed by atoms with E-state index in [-0.39, 0.29) is 0 Å². The Balaban J connectivity index is 2.64. The molecule has 0 aliphatic carbocycles. The van der Waals surface area contributed by atoms with Crippen LogP contribution in [0.15, 0.2) is 28.9 Å². The Morgan fingerprint density at radius 1 is 1.44 bits per heavy atom. The Bertz CT molecular complexity index is 569. The first-order valence-electron chi connectivity index (χ1n) is 5.19. The van der Waals surface area contributed by atoms with Gasteiger partial charge in [-0.25, -0.2) is 0 Å². The van der Waals surface area contributed by atoms with Crippen LogP contribution in [0.2, 0.25) is 0 Å². The number of nitrogens with one attached hydrogen (secondary N) is 1. The van der Waals surface area contributed by atoms with Gasteiger partial charge in [-0.05, 0) is 49.3 Å². The van der Waals surface area contributed by atoms with Crippen LogP contribution in [0.4, 0.5) is 0 Å². The Labute approximate surface area is 108 Å². The summed E-state index contributed by atoms with van der Waals surface area (Å²) in [6.07, 6.45) is 3.02. The molecule has 1 N–H and O–H groups in total. The topological polar surface area (TPSA) is 20.7 Å². The van der Waals surface area contributed by atoms with Crippen molar-refractivity contribution in [2.24, 2.45) is 0 Å². The highest BCUT2D eigenvalue weighted by Crippen LogP contribution is 2.21. The second-order valence-corrected chi connectivity index (χ2v) is 5.04. The molecule has 0 fully saturated rings. The van der Waals surface area contributed by atoms with E-state index in [1.165, 1.54) is 5.56 Å². The van der Waals surface area contributed by atoms with E-state index in [1.54, 1.807) is 0 Å². The van der Waals surface area contributed by atoms with Gasteiger partial charge in [-0.1, -0.05) is 22.9 Å². The second kappa shape index (κ2) is 4.55. The van der Waals surface area contributed by atoms with Crippen molar-refractivity contribution in [3.05, 3.63) is 44.9 Å². The number of hydrogen-bond donors (Lipinski definition) is 1. The lowest BCUT2D eigenvalue weighted by Crippen LogP contribution is -1.97. The Hall–Kier alpha value is -0.870. The van der Waals surface area contributed by atoms with Crippen LogP contribution in [-0.2, 0) is 6.42 Å². The molecule has 84 valence electrons. The Kier molecular flexibility index (Phi) is 3.30. The molecule has 2 nitrogen and oxygen atoms in total. The third-order valence-electron chi connectivity index (χ3n) is 2.53. The van der Waals surface area contributed by atoms with Crippen molar-refractivity contribution in [1.29, 1.82) is 0 Å². The van der Waals surface area contributed by atoms with Crippen LogP contribution in [0, 0.1) is 11.7 Å². The molecule has 0 amide bonds. The molecule has 2 rings (SSSR count). The molecule has 0 atom stereocenters. The third kappa shape index (κ3) is 2.13. The maximum Gasteiger partial charge on any atom is 0.181 e. The van der Waals surface area contributed by atoms with Crippen LogP contribution < -0.4 is 0 Å². The first-order valence-corrected chi connectivity index (χ1v) is 6.39. The van der Waals surface area contributed by atoms with Gasteiger partial charge in [-0.15, -0.1) is 0 Å². The minimum absolute atomic E-state index is 0.745. The molecule has 0 saturated carbocycles. The van der Waals surface area contributed by atoms with Crippen LogP contribution in [0.25, 0.3) is 5.69 Å². The zero-order valence-electron chi connectivity index (χ0n) is 9.25. The molecule has 0 saturated heterocycles. The summed E-state index contributed by atoms with van der Waals surface area (Å²) in [5, 5.41) is 0. The van der Waals surface area contributed by atoms with E-state index in [2.05, 4.69) is 40.0 Å². The van der Waals surface area contributed by atoms with Gasteiger partial charge in [0, 0.05) is 16.4 Å². The van der Waals surface area contributed by atoms with Crippen LogP contribution in [-0.4, -0.2) is 9.55 Å². The fourth-order valence-corrected chi connectivity index (χ4v) is 2.49. The summed E-state index contributed by atoms with van der Waals surface area (Å²) < 4.78 is 3.87. The van der Waals surface area contributed by atoms with Gasteiger partial charge >= 0.3 is 0 Å². The molecular weight excluding hydrogens is 284 g/mol. The molecule has 1 heterocycles. The number of aromatic nitrogens is 2. The van der Waals surface area contributed by atoms with Crippen molar-refractivity contribution in [1.82, 2.24) is 9.55 Å². The summed E-state index contributed by atoms with van der Waals surface area (Å²) in [4.78, 5) is 3.14. The molecule has 1 aromatic heterocycles. The van der Waals surface area contributed by atoms with Crippen LogP contribution in [0.5, 0.6) is 0 Å². The zero-order chi connectivity index (χ0) is 11.7. The first-order chi connectivity index (χ1) is 7.61. The lowest BCUT2D eigenvalue weighted by Gasteiger charge is -2.09. The van der Waals surface area contributed by atoms with Gasteiger partial charge in [-0.2, -0.15) is 0 Å². The Morgan fingerprint density at radius 3 is 2.75 bits per heavy atom. The highest BCUT2D eigenvalue weighted by molar-refractivity contribution is 9.10. The quantitative estimate of drug-likeness (QED) is 0.825. The summed E-state index contributed by atoms with van der Waals surface area (Å²) >= 11 is 8.78. The van der Waals surface area contributed by atoms with Gasteiger partial charge in [0.2, 0.25) is 0 Å². The van der Waals surface area contributed by atoms with E-state index in [0.717, 1.165) is 27.0 Å². The number of rotatable bonds is 2. The summed E-state index contributed by atoms with van der Waals surface area (Å²) in [6.45, 7) is 4.16. The summed E-state index contributed by atoms with van der Waals surface area (Å²) in [7, 11) is 0. The third-order valence-corrected chi connectivity index (χ3v) is 3.32. The standard InChI is InChI=1S/C12H13BrN2S/c1-3-9-6-10(13)4-5-11(9)15-7-8(2)14-12(15)16/h4-7H,3H2,1-2H3,(H,14,16). The Morgan fingerprint density at radius 2 is 2.19 bits per heavy atom. The molecule has 0 radical (unpaired) electrons. The van der Waals surface area contributed by atoms with Crippen molar-refractivity contribution >= 4 is 28.1 Å². The molecular formula is C12H13BrN2S. The summed E-state index contributed by atoms with van der Waals surface area (Å²) in [5.41, 5.74) is 3.51.